The normalized spacial score (nSPS) is 11.4. The van der Waals surface area contributed by atoms with Crippen molar-refractivity contribution in [3.63, 3.8) is 0 Å². The largest absolute Gasteiger partial charge is 0.266 e. The minimum Gasteiger partial charge on any atom is -0.255 e. The molecule has 1 aromatic heterocycles. The molecule has 2 aromatic carbocycles. The number of nitrogens with zero attached hydrogens (tertiary/aromatic N) is 1. The molecule has 0 amide bonds. The van der Waals surface area contributed by atoms with Gasteiger partial charge in [0.2, 0.25) is 0 Å². The Labute approximate surface area is 135 Å². The van der Waals surface area contributed by atoms with Crippen molar-refractivity contribution in [1.82, 2.24) is 4.98 Å². The molecule has 4 nitrogen and oxygen atoms in total. The van der Waals surface area contributed by atoms with Gasteiger partial charge in [0.05, 0.1) is 5.69 Å². The standard InChI is InChI=1S/C15H10F2N2O2S2/c16-11-6-7-12(17)14(8-11)23(20,21)19-15-18-13(9-22-15)10-4-2-1-3-5-10/h1-9H,(H,18,19). The van der Waals surface area contributed by atoms with E-state index in [0.717, 1.165) is 29.0 Å². The first kappa shape index (κ1) is 15.6. The third kappa shape index (κ3) is 3.38. The van der Waals surface area contributed by atoms with Gasteiger partial charge < -0.3 is 0 Å². The monoisotopic (exact) mass is 352 g/mol. The summed E-state index contributed by atoms with van der Waals surface area (Å²) in [6.45, 7) is 0. The number of hydrogen-bond acceptors (Lipinski definition) is 4. The summed E-state index contributed by atoms with van der Waals surface area (Å²) in [5.74, 6) is -1.87. The lowest BCUT2D eigenvalue weighted by Crippen LogP contribution is -2.14. The van der Waals surface area contributed by atoms with Gasteiger partial charge in [0.1, 0.15) is 16.5 Å². The third-order valence-electron chi connectivity index (χ3n) is 2.98. The van der Waals surface area contributed by atoms with Gasteiger partial charge in [-0.15, -0.1) is 11.3 Å². The van der Waals surface area contributed by atoms with Gasteiger partial charge in [-0.25, -0.2) is 22.2 Å². The summed E-state index contributed by atoms with van der Waals surface area (Å²) in [6, 6.07) is 11.4. The van der Waals surface area contributed by atoms with Crippen LogP contribution in [-0.2, 0) is 10.0 Å². The molecule has 0 saturated heterocycles. The van der Waals surface area contributed by atoms with Crippen LogP contribution < -0.4 is 4.72 Å². The van der Waals surface area contributed by atoms with Gasteiger partial charge in [0.15, 0.2) is 5.13 Å². The molecule has 3 rings (SSSR count). The van der Waals surface area contributed by atoms with Crippen LogP contribution in [0.25, 0.3) is 11.3 Å². The molecule has 8 heteroatoms. The Morgan fingerprint density at radius 2 is 1.78 bits per heavy atom. The quantitative estimate of drug-likeness (QED) is 0.775. The summed E-state index contributed by atoms with van der Waals surface area (Å²) in [5.41, 5.74) is 1.42. The number of benzene rings is 2. The molecular weight excluding hydrogens is 342 g/mol. The number of rotatable bonds is 4. The van der Waals surface area contributed by atoms with Crippen LogP contribution >= 0.6 is 11.3 Å². The van der Waals surface area contributed by atoms with Crippen molar-refractivity contribution in [3.8, 4) is 11.3 Å². The Balaban J connectivity index is 1.90. The van der Waals surface area contributed by atoms with Gasteiger partial charge in [-0.2, -0.15) is 0 Å². The molecule has 3 aromatic rings. The molecule has 1 heterocycles. The van der Waals surface area contributed by atoms with Crippen molar-refractivity contribution in [3.05, 3.63) is 65.5 Å². The second-order valence-corrected chi connectivity index (χ2v) is 7.09. The average Bonchev–Trinajstić information content (AvgIpc) is 2.98. The summed E-state index contributed by atoms with van der Waals surface area (Å²) >= 11 is 1.06. The predicted octanol–water partition coefficient (Wildman–Crippen LogP) is 3.89. The van der Waals surface area contributed by atoms with Crippen LogP contribution in [0.1, 0.15) is 0 Å². The van der Waals surface area contributed by atoms with Crippen LogP contribution in [0, 0.1) is 11.6 Å². The topological polar surface area (TPSA) is 59.1 Å². The highest BCUT2D eigenvalue weighted by molar-refractivity contribution is 7.93. The van der Waals surface area contributed by atoms with Crippen molar-refractivity contribution in [2.75, 3.05) is 4.72 Å². The molecule has 0 saturated carbocycles. The van der Waals surface area contributed by atoms with Crippen LogP contribution in [0.2, 0.25) is 0 Å². The molecular formula is C15H10F2N2O2S2. The number of halogens is 2. The fourth-order valence-electron chi connectivity index (χ4n) is 1.92. The lowest BCUT2D eigenvalue weighted by molar-refractivity contribution is 0.555. The summed E-state index contributed by atoms with van der Waals surface area (Å²) in [4.78, 5) is 3.40. The van der Waals surface area contributed by atoms with E-state index in [-0.39, 0.29) is 5.13 Å². The van der Waals surface area contributed by atoms with E-state index in [4.69, 9.17) is 0 Å². The highest BCUT2D eigenvalue weighted by atomic mass is 32.2. The van der Waals surface area contributed by atoms with Crippen LogP contribution in [0.4, 0.5) is 13.9 Å². The Kier molecular flexibility index (Phi) is 4.10. The predicted molar refractivity (Wildman–Crippen MR) is 84.7 cm³/mol. The lowest BCUT2D eigenvalue weighted by Gasteiger charge is -2.06. The summed E-state index contributed by atoms with van der Waals surface area (Å²) in [6.07, 6.45) is 0. The van der Waals surface area contributed by atoms with E-state index in [1.807, 2.05) is 30.3 Å². The molecule has 0 aliphatic rings. The van der Waals surface area contributed by atoms with E-state index in [0.29, 0.717) is 11.8 Å². The highest BCUT2D eigenvalue weighted by Crippen LogP contribution is 2.27. The maximum Gasteiger partial charge on any atom is 0.266 e. The van der Waals surface area contributed by atoms with Gasteiger partial charge in [0, 0.05) is 10.9 Å². The first-order valence-corrected chi connectivity index (χ1v) is 8.81. The first-order chi connectivity index (χ1) is 11.0. The van der Waals surface area contributed by atoms with Gasteiger partial charge in [-0.3, -0.25) is 4.72 Å². The Morgan fingerprint density at radius 1 is 1.04 bits per heavy atom. The van der Waals surface area contributed by atoms with E-state index >= 15 is 0 Å². The number of nitrogens with one attached hydrogen (secondary N) is 1. The van der Waals surface area contributed by atoms with E-state index in [2.05, 4.69) is 9.71 Å². The van der Waals surface area contributed by atoms with Crippen LogP contribution in [-0.4, -0.2) is 13.4 Å². The van der Waals surface area contributed by atoms with Gasteiger partial charge in [0.25, 0.3) is 10.0 Å². The highest BCUT2D eigenvalue weighted by Gasteiger charge is 2.21. The number of thiazole rings is 1. The first-order valence-electron chi connectivity index (χ1n) is 6.44. The molecule has 0 atom stereocenters. The van der Waals surface area contributed by atoms with Crippen molar-refractivity contribution in [1.29, 1.82) is 0 Å². The average molecular weight is 352 g/mol. The van der Waals surface area contributed by atoms with Crippen LogP contribution in [0.15, 0.2) is 58.8 Å². The van der Waals surface area contributed by atoms with E-state index in [1.165, 1.54) is 0 Å². The van der Waals surface area contributed by atoms with Gasteiger partial charge in [-0.05, 0) is 18.2 Å². The number of aromatic nitrogens is 1. The lowest BCUT2D eigenvalue weighted by atomic mass is 10.2. The van der Waals surface area contributed by atoms with E-state index in [1.54, 1.807) is 5.38 Å². The number of anilines is 1. The fourth-order valence-corrected chi connectivity index (χ4v) is 3.98. The van der Waals surface area contributed by atoms with Crippen molar-refractivity contribution < 1.29 is 17.2 Å². The second kappa shape index (κ2) is 6.05. The maximum absolute atomic E-state index is 13.6. The number of sulfonamides is 1. The minimum absolute atomic E-state index is 0.0764. The Bertz CT molecular complexity index is 941. The van der Waals surface area contributed by atoms with Crippen molar-refractivity contribution in [2.24, 2.45) is 0 Å². The summed E-state index contributed by atoms with van der Waals surface area (Å²) in [5, 5.41) is 1.75. The molecule has 0 spiro atoms. The number of hydrogen-bond donors (Lipinski definition) is 1. The van der Waals surface area contributed by atoms with E-state index < -0.39 is 26.6 Å². The third-order valence-corrected chi connectivity index (χ3v) is 5.22. The zero-order valence-electron chi connectivity index (χ0n) is 11.5. The Hall–Kier alpha value is -2.32. The van der Waals surface area contributed by atoms with Gasteiger partial charge >= 0.3 is 0 Å². The van der Waals surface area contributed by atoms with Crippen molar-refractivity contribution >= 4 is 26.5 Å². The van der Waals surface area contributed by atoms with Crippen LogP contribution in [0.3, 0.4) is 0 Å². The Morgan fingerprint density at radius 3 is 2.52 bits per heavy atom. The molecule has 23 heavy (non-hydrogen) atoms. The fraction of sp³-hybridized carbons (Fsp3) is 0. The summed E-state index contributed by atoms with van der Waals surface area (Å²) in [7, 11) is -4.25. The molecule has 0 radical (unpaired) electrons. The molecule has 0 aliphatic carbocycles. The summed E-state index contributed by atoms with van der Waals surface area (Å²) < 4.78 is 53.3. The molecule has 0 fully saturated rings. The molecule has 0 unspecified atom stereocenters. The second-order valence-electron chi connectivity index (χ2n) is 4.58. The van der Waals surface area contributed by atoms with E-state index in [9.17, 15) is 17.2 Å². The van der Waals surface area contributed by atoms with Gasteiger partial charge in [-0.1, -0.05) is 30.3 Å². The minimum atomic E-state index is -4.25. The zero-order valence-corrected chi connectivity index (χ0v) is 13.2. The molecule has 0 aliphatic heterocycles. The zero-order chi connectivity index (χ0) is 16.4. The molecule has 0 bridgehead atoms. The molecule has 118 valence electrons. The smallest absolute Gasteiger partial charge is 0.255 e. The maximum atomic E-state index is 13.6. The molecule has 1 N–H and O–H groups in total. The van der Waals surface area contributed by atoms with Crippen molar-refractivity contribution in [2.45, 2.75) is 4.90 Å². The SMILES string of the molecule is O=S(=O)(Nc1nc(-c2ccccc2)cs1)c1cc(F)ccc1F. The van der Waals surface area contributed by atoms with Crippen LogP contribution in [0.5, 0.6) is 0 Å².